The van der Waals surface area contributed by atoms with Crippen LogP contribution in [0.5, 0.6) is 0 Å². The Kier molecular flexibility index (Phi) is 2.53. The molecule has 3 aromatic carbocycles. The van der Waals surface area contributed by atoms with Crippen LogP contribution in [0.2, 0.25) is 0 Å². The molecule has 1 aliphatic carbocycles. The minimum absolute atomic E-state index is 0.708. The molecule has 1 aliphatic rings. The average Bonchev–Trinajstić information content (AvgIpc) is 2.48. The van der Waals surface area contributed by atoms with Gasteiger partial charge >= 0.3 is 0 Å². The van der Waals surface area contributed by atoms with Gasteiger partial charge in [0.05, 0.1) is 0 Å². The highest BCUT2D eigenvalue weighted by atomic mass is 14.9. The van der Waals surface area contributed by atoms with E-state index in [0.717, 1.165) is 0 Å². The summed E-state index contributed by atoms with van der Waals surface area (Å²) in [5.41, 5.74) is 5.36. The fourth-order valence-corrected chi connectivity index (χ4v) is 3.12. The molecule has 3 aromatic rings. The van der Waals surface area contributed by atoms with E-state index in [9.17, 15) is 0 Å². The van der Waals surface area contributed by atoms with Gasteiger partial charge in [-0.05, 0) is 47.1 Å². The van der Waals surface area contributed by atoms with E-state index in [-0.39, 0.29) is 0 Å². The summed E-state index contributed by atoms with van der Waals surface area (Å²) < 4.78 is 0. The molecule has 0 fully saturated rings. The molecule has 20 heavy (non-hydrogen) atoms. The third kappa shape index (κ3) is 1.78. The Balaban J connectivity index is 1.74. The maximum atomic E-state index is 3.57. The lowest BCUT2D eigenvalue weighted by atomic mass is 9.79. The monoisotopic (exact) mass is 259 g/mol. The van der Waals surface area contributed by atoms with Crippen LogP contribution in [0.3, 0.4) is 0 Å². The zero-order valence-electron chi connectivity index (χ0n) is 11.6. The van der Waals surface area contributed by atoms with Crippen molar-refractivity contribution >= 4 is 22.1 Å². The van der Waals surface area contributed by atoms with E-state index in [1.807, 2.05) is 0 Å². The summed E-state index contributed by atoms with van der Waals surface area (Å²) >= 11 is 0. The summed E-state index contributed by atoms with van der Waals surface area (Å²) in [5.74, 6) is 0.708. The van der Waals surface area contributed by atoms with Crippen LogP contribution in [-0.2, 0) is 6.42 Å². The predicted molar refractivity (Wildman–Crippen MR) is 85.8 cm³/mol. The Hall–Kier alpha value is -2.28. The largest absolute Gasteiger partial charge is 0.355 e. The van der Waals surface area contributed by atoms with Crippen LogP contribution >= 0.6 is 0 Å². The summed E-state index contributed by atoms with van der Waals surface area (Å²) in [6.45, 7) is 2.30. The second-order valence-corrected chi connectivity index (χ2v) is 5.67. The summed E-state index contributed by atoms with van der Waals surface area (Å²) in [6.07, 6.45) is 1.23. The summed E-state index contributed by atoms with van der Waals surface area (Å²) in [6, 6.07) is 21.6. The molecule has 0 spiro atoms. The van der Waals surface area contributed by atoms with Gasteiger partial charge in [0, 0.05) is 16.8 Å². The highest BCUT2D eigenvalue weighted by molar-refractivity contribution is 5.95. The van der Waals surface area contributed by atoms with Gasteiger partial charge in [-0.2, -0.15) is 0 Å². The maximum Gasteiger partial charge on any atom is 0.0463 e. The van der Waals surface area contributed by atoms with Crippen molar-refractivity contribution in [3.05, 3.63) is 71.8 Å². The van der Waals surface area contributed by atoms with Gasteiger partial charge in [0.15, 0.2) is 0 Å². The zero-order chi connectivity index (χ0) is 13.5. The molecule has 0 saturated carbocycles. The number of anilines is 2. The van der Waals surface area contributed by atoms with Gasteiger partial charge in [0.1, 0.15) is 0 Å². The molecule has 0 radical (unpaired) electrons. The lowest BCUT2D eigenvalue weighted by Crippen LogP contribution is -2.13. The first-order valence-electron chi connectivity index (χ1n) is 7.19. The molecule has 1 N–H and O–H groups in total. The summed E-state index contributed by atoms with van der Waals surface area (Å²) in [7, 11) is 0. The molecular formula is C19H17N. The SMILES string of the molecule is CC1Cc2ccc(Nc3cccc4ccccc34)cc21. The molecule has 0 heterocycles. The molecule has 4 rings (SSSR count). The van der Waals surface area contributed by atoms with Crippen molar-refractivity contribution < 1.29 is 0 Å². The van der Waals surface area contributed by atoms with E-state index in [2.05, 4.69) is 72.9 Å². The molecule has 1 nitrogen and oxygen atoms in total. The van der Waals surface area contributed by atoms with Crippen molar-refractivity contribution in [1.29, 1.82) is 0 Å². The quantitative estimate of drug-likeness (QED) is 0.663. The van der Waals surface area contributed by atoms with Crippen LogP contribution in [0.25, 0.3) is 10.8 Å². The van der Waals surface area contributed by atoms with Crippen LogP contribution in [-0.4, -0.2) is 0 Å². The first-order valence-corrected chi connectivity index (χ1v) is 7.19. The van der Waals surface area contributed by atoms with Crippen LogP contribution in [0.4, 0.5) is 11.4 Å². The molecule has 0 amide bonds. The smallest absolute Gasteiger partial charge is 0.0463 e. The normalized spacial score (nSPS) is 16.6. The Morgan fingerprint density at radius 2 is 1.80 bits per heavy atom. The number of hydrogen-bond donors (Lipinski definition) is 1. The predicted octanol–water partition coefficient (Wildman–Crippen LogP) is 5.24. The molecule has 0 aliphatic heterocycles. The van der Waals surface area contributed by atoms with Gasteiger partial charge in [0.25, 0.3) is 0 Å². The van der Waals surface area contributed by atoms with Crippen LogP contribution in [0, 0.1) is 0 Å². The molecule has 0 aromatic heterocycles. The molecule has 0 bridgehead atoms. The van der Waals surface area contributed by atoms with Gasteiger partial charge in [-0.3, -0.25) is 0 Å². The summed E-state index contributed by atoms with van der Waals surface area (Å²) in [5, 5.41) is 6.11. The Morgan fingerprint density at radius 1 is 0.950 bits per heavy atom. The first-order chi connectivity index (χ1) is 9.81. The van der Waals surface area contributed by atoms with Crippen LogP contribution in [0.15, 0.2) is 60.7 Å². The van der Waals surface area contributed by atoms with Gasteiger partial charge in [-0.1, -0.05) is 49.4 Å². The number of nitrogens with one attached hydrogen (secondary N) is 1. The topological polar surface area (TPSA) is 12.0 Å². The second-order valence-electron chi connectivity index (χ2n) is 5.67. The minimum Gasteiger partial charge on any atom is -0.355 e. The Morgan fingerprint density at radius 3 is 2.70 bits per heavy atom. The fraction of sp³-hybridized carbons (Fsp3) is 0.158. The highest BCUT2D eigenvalue weighted by Crippen LogP contribution is 2.37. The van der Waals surface area contributed by atoms with E-state index >= 15 is 0 Å². The average molecular weight is 259 g/mol. The molecular weight excluding hydrogens is 242 g/mol. The van der Waals surface area contributed by atoms with E-state index < -0.39 is 0 Å². The van der Waals surface area contributed by atoms with Gasteiger partial charge in [-0.15, -0.1) is 0 Å². The van der Waals surface area contributed by atoms with Gasteiger partial charge in [0.2, 0.25) is 0 Å². The molecule has 1 heteroatoms. The van der Waals surface area contributed by atoms with Crippen molar-refractivity contribution in [3.8, 4) is 0 Å². The third-order valence-corrected chi connectivity index (χ3v) is 4.27. The van der Waals surface area contributed by atoms with Crippen molar-refractivity contribution in [3.63, 3.8) is 0 Å². The van der Waals surface area contributed by atoms with Crippen LogP contribution < -0.4 is 5.32 Å². The number of fused-ring (bicyclic) bond motifs is 2. The van der Waals surface area contributed by atoms with Gasteiger partial charge < -0.3 is 5.32 Å². The highest BCUT2D eigenvalue weighted by Gasteiger charge is 2.21. The second kappa shape index (κ2) is 4.38. The van der Waals surface area contributed by atoms with Crippen LogP contribution in [0.1, 0.15) is 24.0 Å². The molecule has 1 unspecified atom stereocenters. The summed E-state index contributed by atoms with van der Waals surface area (Å²) in [4.78, 5) is 0. The lowest BCUT2D eigenvalue weighted by molar-refractivity contribution is 0.668. The van der Waals surface area contributed by atoms with Gasteiger partial charge in [-0.25, -0.2) is 0 Å². The van der Waals surface area contributed by atoms with E-state index in [4.69, 9.17) is 0 Å². The molecule has 98 valence electrons. The van der Waals surface area contributed by atoms with Crippen molar-refractivity contribution in [2.24, 2.45) is 0 Å². The standard InChI is InChI=1S/C19H17N/c1-13-11-15-9-10-16(12-18(13)15)20-19-8-4-6-14-5-2-3-7-17(14)19/h2-10,12-13,20H,11H2,1H3. The maximum absolute atomic E-state index is 3.57. The first kappa shape index (κ1) is 11.5. The van der Waals surface area contributed by atoms with E-state index in [0.29, 0.717) is 5.92 Å². The van der Waals surface area contributed by atoms with E-state index in [1.165, 1.54) is 39.7 Å². The Labute approximate surface area is 119 Å². The lowest BCUT2D eigenvalue weighted by Gasteiger charge is -2.27. The molecule has 1 atom stereocenters. The number of benzene rings is 3. The van der Waals surface area contributed by atoms with Crippen molar-refractivity contribution in [2.45, 2.75) is 19.3 Å². The van der Waals surface area contributed by atoms with Crippen molar-refractivity contribution in [2.75, 3.05) is 5.32 Å². The van der Waals surface area contributed by atoms with Crippen molar-refractivity contribution in [1.82, 2.24) is 0 Å². The fourth-order valence-electron chi connectivity index (χ4n) is 3.12. The molecule has 0 saturated heterocycles. The number of rotatable bonds is 2. The third-order valence-electron chi connectivity index (χ3n) is 4.27. The zero-order valence-corrected chi connectivity index (χ0v) is 11.6. The van der Waals surface area contributed by atoms with E-state index in [1.54, 1.807) is 0 Å². The number of hydrogen-bond acceptors (Lipinski definition) is 1. The minimum atomic E-state index is 0.708. The Bertz CT molecular complexity index is 783.